The Bertz CT molecular complexity index is 514. The van der Waals surface area contributed by atoms with Crippen LogP contribution < -0.4 is 10.2 Å². The molecule has 2 fully saturated rings. The van der Waals surface area contributed by atoms with E-state index in [1.165, 1.54) is 0 Å². The SMILES string of the molecule is CC1(C)COB(c2ccc(OC[C@@H]3COC(C)(C)O3)cc2)O1. The number of hydrogen-bond donors (Lipinski definition) is 0. The normalized spacial score (nSPS) is 26.4. The first-order chi connectivity index (χ1) is 10.3. The molecule has 2 saturated heterocycles. The van der Waals surface area contributed by atoms with Gasteiger partial charge in [0.2, 0.25) is 0 Å². The Balaban J connectivity index is 1.52. The minimum Gasteiger partial charge on any atom is -0.491 e. The second-order valence-corrected chi connectivity index (χ2v) is 6.85. The van der Waals surface area contributed by atoms with E-state index in [1.54, 1.807) is 0 Å². The Morgan fingerprint density at radius 3 is 2.45 bits per heavy atom. The monoisotopic (exact) mass is 306 g/mol. The van der Waals surface area contributed by atoms with Crippen molar-refractivity contribution in [2.75, 3.05) is 19.8 Å². The lowest BCUT2D eigenvalue weighted by Crippen LogP contribution is -2.34. The predicted molar refractivity (Wildman–Crippen MR) is 83.3 cm³/mol. The maximum atomic E-state index is 5.84. The summed E-state index contributed by atoms with van der Waals surface area (Å²) in [4.78, 5) is 0. The highest BCUT2D eigenvalue weighted by Gasteiger charge is 2.38. The molecule has 5 nitrogen and oxygen atoms in total. The van der Waals surface area contributed by atoms with Crippen molar-refractivity contribution in [3.63, 3.8) is 0 Å². The van der Waals surface area contributed by atoms with Gasteiger partial charge in [-0.2, -0.15) is 0 Å². The molecule has 2 heterocycles. The van der Waals surface area contributed by atoms with Crippen LogP contribution in [0.5, 0.6) is 5.75 Å². The van der Waals surface area contributed by atoms with E-state index in [0.717, 1.165) is 11.2 Å². The lowest BCUT2D eigenvalue weighted by atomic mass is 9.79. The molecule has 0 aromatic heterocycles. The van der Waals surface area contributed by atoms with E-state index >= 15 is 0 Å². The average molecular weight is 306 g/mol. The lowest BCUT2D eigenvalue weighted by molar-refractivity contribution is -0.141. The Labute approximate surface area is 132 Å². The van der Waals surface area contributed by atoms with Crippen LogP contribution in [-0.2, 0) is 18.8 Å². The highest BCUT2D eigenvalue weighted by Crippen LogP contribution is 2.23. The van der Waals surface area contributed by atoms with Gasteiger partial charge in [-0.15, -0.1) is 0 Å². The molecule has 0 amide bonds. The zero-order chi connectivity index (χ0) is 15.8. The molecule has 0 saturated carbocycles. The Kier molecular flexibility index (Phi) is 4.20. The molecule has 120 valence electrons. The largest absolute Gasteiger partial charge is 0.494 e. The van der Waals surface area contributed by atoms with Crippen LogP contribution in [0.15, 0.2) is 24.3 Å². The summed E-state index contributed by atoms with van der Waals surface area (Å²) in [6.07, 6.45) is -0.0306. The fourth-order valence-corrected chi connectivity index (χ4v) is 2.55. The number of hydrogen-bond acceptors (Lipinski definition) is 5. The predicted octanol–water partition coefficient (Wildman–Crippen LogP) is 1.74. The molecule has 0 radical (unpaired) electrons. The van der Waals surface area contributed by atoms with E-state index in [4.69, 9.17) is 23.5 Å². The summed E-state index contributed by atoms with van der Waals surface area (Å²) in [6.45, 7) is 9.50. The van der Waals surface area contributed by atoms with Crippen LogP contribution in [0.4, 0.5) is 0 Å². The van der Waals surface area contributed by atoms with Crippen LogP contribution in [0.3, 0.4) is 0 Å². The summed E-state index contributed by atoms with van der Waals surface area (Å²) < 4.78 is 28.5. The van der Waals surface area contributed by atoms with Gasteiger partial charge < -0.3 is 23.5 Å². The molecule has 0 unspecified atom stereocenters. The molecule has 0 aliphatic carbocycles. The van der Waals surface area contributed by atoms with E-state index in [9.17, 15) is 0 Å². The van der Waals surface area contributed by atoms with Crippen LogP contribution in [0.2, 0.25) is 0 Å². The van der Waals surface area contributed by atoms with Crippen molar-refractivity contribution >= 4 is 12.6 Å². The summed E-state index contributed by atoms with van der Waals surface area (Å²) in [7, 11) is -0.295. The lowest BCUT2D eigenvalue weighted by Gasteiger charge is -2.17. The summed E-state index contributed by atoms with van der Waals surface area (Å²) in [6, 6.07) is 7.79. The summed E-state index contributed by atoms with van der Waals surface area (Å²) >= 11 is 0. The molecule has 1 aromatic carbocycles. The van der Waals surface area contributed by atoms with E-state index in [0.29, 0.717) is 19.8 Å². The minimum absolute atomic E-state index is 0.0306. The summed E-state index contributed by atoms with van der Waals surface area (Å²) in [5.74, 6) is 0.288. The highest BCUT2D eigenvalue weighted by molar-refractivity contribution is 6.61. The quantitative estimate of drug-likeness (QED) is 0.793. The standard InChI is InChI=1S/C16H23BO5/c1-15(2)11-20-17(22-15)12-5-7-13(8-6-12)18-9-14-10-19-16(3,4)21-14/h5-8,14H,9-11H2,1-4H3/t14-/m1/s1. The fourth-order valence-electron chi connectivity index (χ4n) is 2.55. The molecule has 0 bridgehead atoms. The third kappa shape index (κ3) is 3.81. The van der Waals surface area contributed by atoms with Crippen LogP contribution in [-0.4, -0.2) is 44.4 Å². The Hall–Kier alpha value is -1.08. The van der Waals surface area contributed by atoms with Gasteiger partial charge in [0, 0.05) is 0 Å². The number of benzene rings is 1. The van der Waals surface area contributed by atoms with Crippen LogP contribution in [0.25, 0.3) is 0 Å². The number of rotatable bonds is 4. The zero-order valence-corrected chi connectivity index (χ0v) is 13.6. The van der Waals surface area contributed by atoms with Crippen molar-refractivity contribution in [2.45, 2.75) is 45.2 Å². The molecule has 6 heteroatoms. The Morgan fingerprint density at radius 2 is 1.91 bits per heavy atom. The van der Waals surface area contributed by atoms with Gasteiger partial charge in [0.15, 0.2) is 5.79 Å². The average Bonchev–Trinajstić information content (AvgIpc) is 2.99. The molecule has 1 atom stereocenters. The van der Waals surface area contributed by atoms with E-state index < -0.39 is 5.79 Å². The molecular formula is C16H23BO5. The molecule has 22 heavy (non-hydrogen) atoms. The van der Waals surface area contributed by atoms with Crippen molar-refractivity contribution in [2.24, 2.45) is 0 Å². The van der Waals surface area contributed by atoms with Crippen molar-refractivity contribution in [1.82, 2.24) is 0 Å². The molecule has 3 rings (SSSR count). The highest BCUT2D eigenvalue weighted by atomic mass is 16.7. The topological polar surface area (TPSA) is 46.2 Å². The smallest absolute Gasteiger partial charge is 0.491 e. The third-order valence-electron chi connectivity index (χ3n) is 3.66. The van der Waals surface area contributed by atoms with E-state index in [2.05, 4.69) is 0 Å². The van der Waals surface area contributed by atoms with Crippen LogP contribution in [0.1, 0.15) is 27.7 Å². The first-order valence-corrected chi connectivity index (χ1v) is 7.67. The Morgan fingerprint density at radius 1 is 1.18 bits per heavy atom. The van der Waals surface area contributed by atoms with Crippen molar-refractivity contribution < 1.29 is 23.5 Å². The van der Waals surface area contributed by atoms with Gasteiger partial charge in [-0.05, 0) is 45.3 Å². The molecule has 0 spiro atoms. The van der Waals surface area contributed by atoms with Gasteiger partial charge in [-0.1, -0.05) is 12.1 Å². The van der Waals surface area contributed by atoms with Crippen molar-refractivity contribution in [1.29, 1.82) is 0 Å². The molecule has 2 aliphatic heterocycles. The minimum atomic E-state index is -0.512. The first-order valence-electron chi connectivity index (χ1n) is 7.67. The second-order valence-electron chi connectivity index (χ2n) is 6.85. The fraction of sp³-hybridized carbons (Fsp3) is 0.625. The van der Waals surface area contributed by atoms with E-state index in [1.807, 2.05) is 52.0 Å². The third-order valence-corrected chi connectivity index (χ3v) is 3.66. The molecule has 1 aromatic rings. The second kappa shape index (κ2) is 5.85. The summed E-state index contributed by atoms with van der Waals surface area (Å²) in [5.41, 5.74) is 0.770. The van der Waals surface area contributed by atoms with Crippen LogP contribution >= 0.6 is 0 Å². The maximum absolute atomic E-state index is 5.84. The van der Waals surface area contributed by atoms with Gasteiger partial charge in [-0.25, -0.2) is 0 Å². The first kappa shape index (κ1) is 15.8. The van der Waals surface area contributed by atoms with E-state index in [-0.39, 0.29) is 18.8 Å². The van der Waals surface area contributed by atoms with Gasteiger partial charge in [0.25, 0.3) is 0 Å². The van der Waals surface area contributed by atoms with Gasteiger partial charge in [0.1, 0.15) is 18.5 Å². The van der Waals surface area contributed by atoms with Gasteiger partial charge in [-0.3, -0.25) is 0 Å². The number of ether oxygens (including phenoxy) is 3. The van der Waals surface area contributed by atoms with Gasteiger partial charge >= 0.3 is 7.12 Å². The van der Waals surface area contributed by atoms with Crippen LogP contribution in [0, 0.1) is 0 Å². The van der Waals surface area contributed by atoms with Crippen molar-refractivity contribution in [3.8, 4) is 5.75 Å². The molecular weight excluding hydrogens is 283 g/mol. The zero-order valence-electron chi connectivity index (χ0n) is 13.6. The maximum Gasteiger partial charge on any atom is 0.494 e. The molecule has 0 N–H and O–H groups in total. The molecule has 2 aliphatic rings. The van der Waals surface area contributed by atoms with Gasteiger partial charge in [0.05, 0.1) is 18.8 Å². The summed E-state index contributed by atoms with van der Waals surface area (Å²) in [5, 5.41) is 0. The van der Waals surface area contributed by atoms with Crippen molar-refractivity contribution in [3.05, 3.63) is 24.3 Å².